The van der Waals surface area contributed by atoms with E-state index in [9.17, 15) is 14.4 Å². The van der Waals surface area contributed by atoms with Gasteiger partial charge in [-0.3, -0.25) is 14.4 Å². The summed E-state index contributed by atoms with van der Waals surface area (Å²) in [6, 6.07) is 33.0. The van der Waals surface area contributed by atoms with E-state index in [1.165, 1.54) is 0 Å². The third-order valence-corrected chi connectivity index (χ3v) is 6.28. The molecule has 0 aliphatic heterocycles. The molecule has 0 spiro atoms. The molecule has 0 bridgehead atoms. The molecule has 4 aromatic carbocycles. The van der Waals surface area contributed by atoms with Gasteiger partial charge in [0.2, 0.25) is 5.91 Å². The van der Waals surface area contributed by atoms with Crippen LogP contribution in [0.5, 0.6) is 0 Å². The van der Waals surface area contributed by atoms with Crippen LogP contribution in [0.25, 0.3) is 0 Å². The van der Waals surface area contributed by atoms with Gasteiger partial charge in [-0.15, -0.1) is 0 Å². The molecule has 7 nitrogen and oxygen atoms in total. The molecule has 2 atom stereocenters. The minimum absolute atomic E-state index is 0.00699. The van der Waals surface area contributed by atoms with Crippen LogP contribution in [0.1, 0.15) is 57.8 Å². The van der Waals surface area contributed by atoms with Crippen molar-refractivity contribution in [2.45, 2.75) is 25.9 Å². The minimum atomic E-state index is -0.280. The number of hydrogen-bond acceptors (Lipinski definition) is 4. The zero-order valence-corrected chi connectivity index (χ0v) is 22.0. The molecule has 0 saturated carbocycles. The van der Waals surface area contributed by atoms with Crippen LogP contribution < -0.4 is 21.3 Å². The Morgan fingerprint density at radius 2 is 1.05 bits per heavy atom. The second-order valence-corrected chi connectivity index (χ2v) is 9.28. The van der Waals surface area contributed by atoms with Gasteiger partial charge in [0.25, 0.3) is 11.8 Å². The minimum Gasteiger partial charge on any atom is -0.376 e. The molecular formula is C32H32N4O3. The summed E-state index contributed by atoms with van der Waals surface area (Å²) in [6.07, 6.45) is 0. The van der Waals surface area contributed by atoms with Crippen molar-refractivity contribution in [3.05, 3.63) is 131 Å². The van der Waals surface area contributed by atoms with Crippen LogP contribution in [0.2, 0.25) is 0 Å². The molecule has 0 radical (unpaired) electrons. The van der Waals surface area contributed by atoms with Crippen LogP contribution in [-0.4, -0.2) is 24.3 Å². The average molecular weight is 521 g/mol. The smallest absolute Gasteiger partial charge is 0.251 e. The van der Waals surface area contributed by atoms with Crippen LogP contribution in [0.4, 0.5) is 11.4 Å². The molecule has 0 saturated heterocycles. The van der Waals surface area contributed by atoms with Gasteiger partial charge in [-0.05, 0) is 61.4 Å². The maximum absolute atomic E-state index is 12.7. The molecule has 0 fully saturated rings. The molecule has 4 aromatic rings. The standard InChI is InChI=1S/C32H32N4O3/c1-22(24-11-5-3-6-12-24)34-31(38)26-15-9-17-28(19-26)33-21-30(37)36-29-18-10-16-27(20-29)32(39)35-23(2)25-13-7-4-8-14-25/h3-20,22-23,33H,21H2,1-2H3,(H,34,38)(H,35,39)(H,36,37). The third kappa shape index (κ3) is 7.79. The first kappa shape index (κ1) is 27.1. The maximum atomic E-state index is 12.7. The first-order valence-electron chi connectivity index (χ1n) is 12.8. The van der Waals surface area contributed by atoms with E-state index in [1.807, 2.05) is 74.5 Å². The fourth-order valence-corrected chi connectivity index (χ4v) is 4.11. The number of rotatable bonds is 10. The lowest BCUT2D eigenvalue weighted by Crippen LogP contribution is -2.27. The van der Waals surface area contributed by atoms with E-state index in [1.54, 1.807) is 48.5 Å². The van der Waals surface area contributed by atoms with Gasteiger partial charge in [0, 0.05) is 22.5 Å². The van der Waals surface area contributed by atoms with E-state index in [0.717, 1.165) is 11.1 Å². The molecule has 0 aliphatic carbocycles. The first-order chi connectivity index (χ1) is 18.9. The van der Waals surface area contributed by atoms with E-state index in [2.05, 4.69) is 21.3 Å². The third-order valence-electron chi connectivity index (χ3n) is 6.28. The summed E-state index contributed by atoms with van der Waals surface area (Å²) in [5.41, 5.74) is 4.13. The van der Waals surface area contributed by atoms with E-state index in [-0.39, 0.29) is 36.3 Å². The fraction of sp³-hybridized carbons (Fsp3) is 0.156. The van der Waals surface area contributed by atoms with Gasteiger partial charge in [0.05, 0.1) is 18.6 Å². The van der Waals surface area contributed by atoms with Gasteiger partial charge >= 0.3 is 0 Å². The SMILES string of the molecule is CC(NC(=O)c1cccc(NCC(=O)Nc2cccc(C(=O)NC(C)c3ccccc3)c2)c1)c1ccccc1. The van der Waals surface area contributed by atoms with Crippen molar-refractivity contribution >= 4 is 29.1 Å². The lowest BCUT2D eigenvalue weighted by molar-refractivity contribution is -0.114. The molecular weight excluding hydrogens is 488 g/mol. The van der Waals surface area contributed by atoms with Crippen molar-refractivity contribution in [1.82, 2.24) is 10.6 Å². The van der Waals surface area contributed by atoms with Crippen molar-refractivity contribution in [2.75, 3.05) is 17.2 Å². The Kier molecular flexibility index (Phi) is 9.08. The Morgan fingerprint density at radius 1 is 0.590 bits per heavy atom. The van der Waals surface area contributed by atoms with Gasteiger partial charge < -0.3 is 21.3 Å². The molecule has 4 N–H and O–H groups in total. The highest BCUT2D eigenvalue weighted by Gasteiger charge is 2.14. The van der Waals surface area contributed by atoms with E-state index >= 15 is 0 Å². The Hall–Kier alpha value is -4.91. The van der Waals surface area contributed by atoms with Crippen molar-refractivity contribution in [3.63, 3.8) is 0 Å². The van der Waals surface area contributed by atoms with Crippen LogP contribution >= 0.6 is 0 Å². The summed E-state index contributed by atoms with van der Waals surface area (Å²) in [5.74, 6) is -0.703. The van der Waals surface area contributed by atoms with Crippen LogP contribution in [0.15, 0.2) is 109 Å². The molecule has 2 unspecified atom stereocenters. The number of nitrogens with one attached hydrogen (secondary N) is 4. The van der Waals surface area contributed by atoms with Crippen molar-refractivity contribution < 1.29 is 14.4 Å². The summed E-state index contributed by atoms with van der Waals surface area (Å²) < 4.78 is 0. The lowest BCUT2D eigenvalue weighted by atomic mass is 10.1. The highest BCUT2D eigenvalue weighted by Crippen LogP contribution is 2.17. The largest absolute Gasteiger partial charge is 0.376 e. The molecule has 3 amide bonds. The quantitative estimate of drug-likeness (QED) is 0.215. The lowest BCUT2D eigenvalue weighted by Gasteiger charge is -2.15. The van der Waals surface area contributed by atoms with Crippen molar-refractivity contribution in [2.24, 2.45) is 0 Å². The second-order valence-electron chi connectivity index (χ2n) is 9.28. The molecule has 7 heteroatoms. The summed E-state index contributed by atoms with van der Waals surface area (Å²) in [5, 5.41) is 11.8. The zero-order valence-electron chi connectivity index (χ0n) is 22.0. The summed E-state index contributed by atoms with van der Waals surface area (Å²) in [4.78, 5) is 38.1. The molecule has 198 valence electrons. The molecule has 39 heavy (non-hydrogen) atoms. The Labute approximate surface area is 228 Å². The fourth-order valence-electron chi connectivity index (χ4n) is 4.11. The normalized spacial score (nSPS) is 12.1. The van der Waals surface area contributed by atoms with E-state index in [0.29, 0.717) is 22.5 Å². The topological polar surface area (TPSA) is 99.3 Å². The Morgan fingerprint density at radius 3 is 1.56 bits per heavy atom. The Balaban J connectivity index is 1.30. The molecule has 4 rings (SSSR count). The van der Waals surface area contributed by atoms with E-state index in [4.69, 9.17) is 0 Å². The highest BCUT2D eigenvalue weighted by atomic mass is 16.2. The Bertz CT molecular complexity index is 1420. The van der Waals surface area contributed by atoms with E-state index < -0.39 is 0 Å². The highest BCUT2D eigenvalue weighted by molar-refractivity contribution is 5.98. The van der Waals surface area contributed by atoms with Gasteiger partial charge in [0.15, 0.2) is 0 Å². The molecule has 0 aromatic heterocycles. The predicted molar refractivity (Wildman–Crippen MR) is 155 cm³/mol. The van der Waals surface area contributed by atoms with Crippen molar-refractivity contribution in [3.8, 4) is 0 Å². The van der Waals surface area contributed by atoms with Crippen LogP contribution in [-0.2, 0) is 4.79 Å². The summed E-state index contributed by atoms with van der Waals surface area (Å²) >= 11 is 0. The number of amides is 3. The predicted octanol–water partition coefficient (Wildman–Crippen LogP) is 5.72. The molecule has 0 heterocycles. The second kappa shape index (κ2) is 13.1. The number of benzene rings is 4. The van der Waals surface area contributed by atoms with Crippen LogP contribution in [0.3, 0.4) is 0 Å². The average Bonchev–Trinajstić information content (AvgIpc) is 2.97. The summed E-state index contributed by atoms with van der Waals surface area (Å²) in [6.45, 7) is 3.85. The zero-order chi connectivity index (χ0) is 27.6. The monoisotopic (exact) mass is 520 g/mol. The number of anilines is 2. The number of hydrogen-bond donors (Lipinski definition) is 4. The van der Waals surface area contributed by atoms with Gasteiger partial charge in [-0.2, -0.15) is 0 Å². The maximum Gasteiger partial charge on any atom is 0.251 e. The number of carbonyl (C=O) groups is 3. The van der Waals surface area contributed by atoms with Gasteiger partial charge in [-0.25, -0.2) is 0 Å². The molecule has 0 aliphatic rings. The van der Waals surface area contributed by atoms with Crippen LogP contribution in [0, 0.1) is 0 Å². The van der Waals surface area contributed by atoms with Crippen molar-refractivity contribution in [1.29, 1.82) is 0 Å². The first-order valence-corrected chi connectivity index (χ1v) is 12.8. The van der Waals surface area contributed by atoms with Gasteiger partial charge in [-0.1, -0.05) is 72.8 Å². The van der Waals surface area contributed by atoms with Gasteiger partial charge in [0.1, 0.15) is 0 Å². The summed E-state index contributed by atoms with van der Waals surface area (Å²) in [7, 11) is 0. The number of carbonyl (C=O) groups excluding carboxylic acids is 3.